The fourth-order valence-electron chi connectivity index (χ4n) is 0.784. The number of hydrogen-bond acceptors (Lipinski definition) is 5. The average Bonchev–Trinajstić information content (AvgIpc) is 2.14. The van der Waals surface area contributed by atoms with Gasteiger partial charge in [0, 0.05) is 0 Å². The van der Waals surface area contributed by atoms with E-state index in [-0.39, 0.29) is 6.41 Å². The van der Waals surface area contributed by atoms with Crippen LogP contribution in [0.15, 0.2) is 0 Å². The summed E-state index contributed by atoms with van der Waals surface area (Å²) in [5.41, 5.74) is 12.5. The Kier molecular flexibility index (Phi) is 6.85. The Bertz CT molecular complexity index is 163. The van der Waals surface area contributed by atoms with E-state index in [0.717, 1.165) is 12.8 Å². The van der Waals surface area contributed by atoms with Crippen LogP contribution in [-0.4, -0.2) is 25.0 Å². The molecule has 5 N–H and O–H groups in total. The largest absolute Gasteiger partial charge is 0.348 e. The van der Waals surface area contributed by atoms with Gasteiger partial charge in [-0.25, -0.2) is 4.79 Å². The zero-order chi connectivity index (χ0) is 10.1. The van der Waals surface area contributed by atoms with Crippen molar-refractivity contribution in [3.63, 3.8) is 0 Å². The van der Waals surface area contributed by atoms with E-state index >= 15 is 0 Å². The molecule has 76 valence electrons. The van der Waals surface area contributed by atoms with Gasteiger partial charge in [-0.1, -0.05) is 6.42 Å². The van der Waals surface area contributed by atoms with Crippen LogP contribution in [0.1, 0.15) is 19.3 Å². The minimum atomic E-state index is -0.695. The molecule has 0 aliphatic carbocycles. The summed E-state index contributed by atoms with van der Waals surface area (Å²) in [7, 11) is 0. The minimum absolute atomic E-state index is 0.268. The molecule has 0 bridgehead atoms. The zero-order valence-electron chi connectivity index (χ0n) is 7.36. The predicted molar refractivity (Wildman–Crippen MR) is 46.2 cm³/mol. The first-order valence-electron chi connectivity index (χ1n) is 4.08. The van der Waals surface area contributed by atoms with Gasteiger partial charge < -0.3 is 16.3 Å². The van der Waals surface area contributed by atoms with Crippen molar-refractivity contribution >= 4 is 12.4 Å². The van der Waals surface area contributed by atoms with Crippen molar-refractivity contribution < 1.29 is 14.4 Å². The number of hydroxylamine groups is 1. The van der Waals surface area contributed by atoms with Crippen LogP contribution >= 0.6 is 0 Å². The number of hydrogen-bond donors (Lipinski definition) is 3. The van der Waals surface area contributed by atoms with Gasteiger partial charge in [0.2, 0.25) is 6.41 Å². The number of unbranched alkanes of at least 4 members (excludes halogenated alkanes) is 1. The molecular weight excluding hydrogens is 174 g/mol. The Morgan fingerprint density at radius 1 is 1.54 bits per heavy atom. The van der Waals surface area contributed by atoms with Crippen LogP contribution in [0.4, 0.5) is 0 Å². The van der Waals surface area contributed by atoms with E-state index < -0.39 is 12.0 Å². The van der Waals surface area contributed by atoms with Crippen molar-refractivity contribution in [3.05, 3.63) is 0 Å². The molecule has 0 saturated carbocycles. The second-order valence-electron chi connectivity index (χ2n) is 2.55. The second-order valence-corrected chi connectivity index (χ2v) is 2.55. The van der Waals surface area contributed by atoms with E-state index in [1.807, 2.05) is 0 Å². The summed E-state index contributed by atoms with van der Waals surface area (Å²) in [4.78, 5) is 24.9. The maximum absolute atomic E-state index is 10.9. The monoisotopic (exact) mass is 189 g/mol. The van der Waals surface area contributed by atoms with Gasteiger partial charge in [0.15, 0.2) is 0 Å². The van der Waals surface area contributed by atoms with Gasteiger partial charge in [0.05, 0.1) is 0 Å². The van der Waals surface area contributed by atoms with Crippen molar-refractivity contribution in [2.75, 3.05) is 6.54 Å². The standard InChI is InChI=1S/C7H15N3O3/c8-4-2-1-3-6(9)7(12)13-10-5-11/h5-6H,1-4,8-9H2,(H,10,11)/t6-/m0/s1. The van der Waals surface area contributed by atoms with Crippen LogP contribution in [0.2, 0.25) is 0 Å². The maximum atomic E-state index is 10.9. The Morgan fingerprint density at radius 2 is 2.23 bits per heavy atom. The van der Waals surface area contributed by atoms with Crippen molar-refractivity contribution in [2.45, 2.75) is 25.3 Å². The van der Waals surface area contributed by atoms with E-state index in [9.17, 15) is 9.59 Å². The molecule has 0 unspecified atom stereocenters. The molecule has 13 heavy (non-hydrogen) atoms. The summed E-state index contributed by atoms with van der Waals surface area (Å²) in [6.45, 7) is 0.578. The first-order chi connectivity index (χ1) is 6.22. The Morgan fingerprint density at radius 3 is 2.77 bits per heavy atom. The number of carbonyl (C=O) groups excluding carboxylic acids is 2. The molecule has 0 heterocycles. The Hall–Kier alpha value is -1.14. The molecule has 0 spiro atoms. The summed E-state index contributed by atoms with van der Waals surface area (Å²) in [5, 5.41) is 0. The molecule has 0 saturated heterocycles. The molecule has 6 nitrogen and oxygen atoms in total. The van der Waals surface area contributed by atoms with E-state index in [2.05, 4.69) is 4.84 Å². The van der Waals surface area contributed by atoms with Gasteiger partial charge in [-0.05, 0) is 19.4 Å². The minimum Gasteiger partial charge on any atom is -0.339 e. The number of nitrogens with two attached hydrogens (primary N) is 2. The second kappa shape index (κ2) is 7.51. The number of amides is 1. The van der Waals surface area contributed by atoms with Crippen LogP contribution in [0.25, 0.3) is 0 Å². The van der Waals surface area contributed by atoms with Gasteiger partial charge >= 0.3 is 5.97 Å². The SMILES string of the molecule is NCCCC[C@H](N)C(=O)ONC=O. The summed E-state index contributed by atoms with van der Waals surface area (Å²) < 4.78 is 0. The normalized spacial score (nSPS) is 11.8. The van der Waals surface area contributed by atoms with Gasteiger partial charge in [0.25, 0.3) is 0 Å². The lowest BCUT2D eigenvalue weighted by molar-refractivity contribution is -0.156. The number of nitrogens with one attached hydrogen (secondary N) is 1. The smallest absolute Gasteiger partial charge is 0.339 e. The molecule has 0 aliphatic heterocycles. The van der Waals surface area contributed by atoms with Gasteiger partial charge in [-0.2, -0.15) is 5.48 Å². The summed E-state index contributed by atoms with van der Waals surface area (Å²) in [5.74, 6) is -0.635. The molecule has 0 rings (SSSR count). The van der Waals surface area contributed by atoms with Gasteiger partial charge in [-0.3, -0.25) is 4.79 Å². The fraction of sp³-hybridized carbons (Fsp3) is 0.714. The quantitative estimate of drug-likeness (QED) is 0.260. The molecule has 0 aromatic heterocycles. The number of rotatable bonds is 7. The highest BCUT2D eigenvalue weighted by Gasteiger charge is 2.14. The lowest BCUT2D eigenvalue weighted by atomic mass is 10.1. The maximum Gasteiger partial charge on any atom is 0.348 e. The van der Waals surface area contributed by atoms with Crippen LogP contribution in [0, 0.1) is 0 Å². The third kappa shape index (κ3) is 6.06. The Balaban J connectivity index is 3.50. The Labute approximate surface area is 76.5 Å². The summed E-state index contributed by atoms with van der Waals surface area (Å²) >= 11 is 0. The molecule has 0 fully saturated rings. The van der Waals surface area contributed by atoms with Crippen LogP contribution in [0.5, 0.6) is 0 Å². The highest BCUT2D eigenvalue weighted by molar-refractivity contribution is 5.75. The van der Waals surface area contributed by atoms with Crippen LogP contribution < -0.4 is 16.9 Å². The van der Waals surface area contributed by atoms with E-state index in [0.29, 0.717) is 13.0 Å². The third-order valence-electron chi connectivity index (χ3n) is 1.48. The molecule has 0 aliphatic rings. The van der Waals surface area contributed by atoms with Crippen molar-refractivity contribution in [2.24, 2.45) is 11.5 Å². The fourth-order valence-corrected chi connectivity index (χ4v) is 0.784. The third-order valence-corrected chi connectivity index (χ3v) is 1.48. The van der Waals surface area contributed by atoms with Crippen LogP contribution in [-0.2, 0) is 14.4 Å². The summed E-state index contributed by atoms with van der Waals surface area (Å²) in [6.07, 6.45) is 2.37. The van der Waals surface area contributed by atoms with E-state index in [1.54, 1.807) is 5.48 Å². The molecule has 0 aromatic rings. The van der Waals surface area contributed by atoms with Crippen molar-refractivity contribution in [1.82, 2.24) is 5.48 Å². The first kappa shape index (κ1) is 11.9. The lowest BCUT2D eigenvalue weighted by Gasteiger charge is -2.08. The van der Waals surface area contributed by atoms with Crippen LogP contribution in [0.3, 0.4) is 0 Å². The van der Waals surface area contributed by atoms with Gasteiger partial charge in [0.1, 0.15) is 6.04 Å². The zero-order valence-corrected chi connectivity index (χ0v) is 7.36. The molecular formula is C7H15N3O3. The predicted octanol–water partition coefficient (Wildman–Crippen LogP) is -1.35. The highest BCUT2D eigenvalue weighted by atomic mass is 16.7. The molecule has 0 radical (unpaired) electrons. The molecule has 1 amide bonds. The lowest BCUT2D eigenvalue weighted by Crippen LogP contribution is -2.35. The summed E-state index contributed by atoms with van der Waals surface area (Å²) in [6, 6.07) is -0.695. The average molecular weight is 189 g/mol. The van der Waals surface area contributed by atoms with Crippen molar-refractivity contribution in [1.29, 1.82) is 0 Å². The van der Waals surface area contributed by atoms with E-state index in [1.165, 1.54) is 0 Å². The first-order valence-corrected chi connectivity index (χ1v) is 4.08. The molecule has 0 aromatic carbocycles. The van der Waals surface area contributed by atoms with E-state index in [4.69, 9.17) is 11.5 Å². The molecule has 6 heteroatoms. The highest BCUT2D eigenvalue weighted by Crippen LogP contribution is 1.98. The van der Waals surface area contributed by atoms with Crippen molar-refractivity contribution in [3.8, 4) is 0 Å². The topological polar surface area (TPSA) is 107 Å². The molecule has 1 atom stereocenters. The van der Waals surface area contributed by atoms with Gasteiger partial charge in [-0.15, -0.1) is 0 Å². The number of carbonyl (C=O) groups is 2.